The van der Waals surface area contributed by atoms with Gasteiger partial charge >= 0.3 is 27.3 Å². The van der Waals surface area contributed by atoms with Gasteiger partial charge in [0.2, 0.25) is 0 Å². The molecule has 0 amide bonds. The molecule has 0 aromatic carbocycles. The Bertz CT molecular complexity index is 218. The number of ketones is 2. The molecule has 0 aromatic rings. The Morgan fingerprint density at radius 3 is 1.00 bits per heavy atom. The number of carboxylic acid groups (broad SMARTS) is 2. The smallest absolute Gasteiger partial charge is 0.550 e. The summed E-state index contributed by atoms with van der Waals surface area (Å²) in [5, 5.41) is 19.3. The van der Waals surface area contributed by atoms with Gasteiger partial charge in [-0.1, -0.05) is 0 Å². The molecule has 6 nitrogen and oxygen atoms in total. The van der Waals surface area contributed by atoms with Crippen LogP contribution >= 0.6 is 0 Å². The molecule has 7 heteroatoms. The molecule has 0 heterocycles. The topological polar surface area (TPSA) is 114 Å². The van der Waals surface area contributed by atoms with Crippen LogP contribution in [-0.2, 0) is 19.2 Å². The fourth-order valence-corrected chi connectivity index (χ4v) is 0.556. The van der Waals surface area contributed by atoms with Crippen LogP contribution in [0.5, 0.6) is 0 Å². The van der Waals surface area contributed by atoms with E-state index in [1.54, 1.807) is 0 Å². The van der Waals surface area contributed by atoms with Crippen molar-refractivity contribution in [1.82, 2.24) is 0 Å². The third-order valence-corrected chi connectivity index (χ3v) is 1.36. The first-order valence-corrected chi connectivity index (χ1v) is 4.64. The molecule has 0 saturated heterocycles. The molecular weight excluding hydrogens is 423 g/mol. The molecule has 0 spiro atoms. The molecule has 0 bridgehead atoms. The molecule has 0 N–H and O–H groups in total. The standard InChI is InChI=1S/2C5H8O3.Pb/c2*1-4(6)2-3-5(7)8;/h2*2-3H2,1H3,(H,7,8);/q;;+2/p-2. The number of hydrogen-bond acceptors (Lipinski definition) is 6. The number of carboxylic acids is 2. The van der Waals surface area contributed by atoms with E-state index in [9.17, 15) is 29.4 Å². The van der Waals surface area contributed by atoms with Crippen molar-refractivity contribution >= 4 is 50.8 Å². The van der Waals surface area contributed by atoms with Gasteiger partial charge in [-0.2, -0.15) is 0 Å². The van der Waals surface area contributed by atoms with Crippen LogP contribution < -0.4 is 10.2 Å². The summed E-state index contributed by atoms with van der Waals surface area (Å²) in [7, 11) is 0. The second kappa shape index (κ2) is 13.3. The minimum Gasteiger partial charge on any atom is -0.550 e. The summed E-state index contributed by atoms with van der Waals surface area (Å²) in [4.78, 5) is 39.4. The first-order chi connectivity index (χ1) is 7.25. The Kier molecular flexibility index (Phi) is 16.8. The second-order valence-corrected chi connectivity index (χ2v) is 3.15. The molecule has 0 aromatic heterocycles. The number of aliphatic carboxylic acids is 2. The van der Waals surface area contributed by atoms with Crippen LogP contribution in [0.4, 0.5) is 0 Å². The van der Waals surface area contributed by atoms with Gasteiger partial charge in [-0.15, -0.1) is 0 Å². The Hall–Kier alpha value is -0.798. The molecule has 0 fully saturated rings. The van der Waals surface area contributed by atoms with Crippen molar-refractivity contribution in [3.05, 3.63) is 0 Å². The fraction of sp³-hybridized carbons (Fsp3) is 0.600. The average molecular weight is 437 g/mol. The Labute approximate surface area is 120 Å². The summed E-state index contributed by atoms with van der Waals surface area (Å²) in [6, 6.07) is 0. The number of carbonyl (C=O) groups is 4. The van der Waals surface area contributed by atoms with Gasteiger partial charge in [-0.05, 0) is 26.7 Å². The van der Waals surface area contributed by atoms with Crippen molar-refractivity contribution in [2.24, 2.45) is 0 Å². The maximum absolute atomic E-state index is 10.1. The van der Waals surface area contributed by atoms with Gasteiger partial charge in [0.1, 0.15) is 11.6 Å². The van der Waals surface area contributed by atoms with Gasteiger partial charge in [0.25, 0.3) is 0 Å². The maximum atomic E-state index is 10.1. The van der Waals surface area contributed by atoms with E-state index >= 15 is 0 Å². The van der Waals surface area contributed by atoms with E-state index in [1.807, 2.05) is 0 Å². The molecular formula is C10H14O6Pb. The third-order valence-electron chi connectivity index (χ3n) is 1.36. The molecule has 0 unspecified atom stereocenters. The summed E-state index contributed by atoms with van der Waals surface area (Å²) in [5.74, 6) is -2.57. The van der Waals surface area contributed by atoms with Gasteiger partial charge in [-0.3, -0.25) is 0 Å². The Morgan fingerprint density at radius 2 is 0.941 bits per heavy atom. The zero-order chi connectivity index (χ0) is 13.1. The van der Waals surface area contributed by atoms with E-state index in [0.29, 0.717) is 0 Å². The van der Waals surface area contributed by atoms with Crippen LogP contribution in [0.15, 0.2) is 0 Å². The zero-order valence-electron chi connectivity index (χ0n) is 9.78. The molecule has 0 aliphatic heterocycles. The molecule has 94 valence electrons. The number of carbonyl (C=O) groups excluding carboxylic acids is 4. The second-order valence-electron chi connectivity index (χ2n) is 3.15. The van der Waals surface area contributed by atoms with E-state index < -0.39 is 11.9 Å². The van der Waals surface area contributed by atoms with Crippen molar-refractivity contribution in [3.63, 3.8) is 0 Å². The van der Waals surface area contributed by atoms with E-state index in [4.69, 9.17) is 0 Å². The van der Waals surface area contributed by atoms with Crippen molar-refractivity contribution < 1.29 is 29.4 Å². The van der Waals surface area contributed by atoms with E-state index in [2.05, 4.69) is 0 Å². The number of Topliss-reactive ketones (excluding diaryl/α,β-unsaturated/α-hetero) is 2. The van der Waals surface area contributed by atoms with Crippen LogP contribution in [0.2, 0.25) is 0 Å². The average Bonchev–Trinajstić information content (AvgIpc) is 2.12. The molecule has 2 radical (unpaired) electrons. The number of hydrogen-bond donors (Lipinski definition) is 0. The summed E-state index contributed by atoms with van der Waals surface area (Å²) in [6.45, 7) is 2.70. The number of rotatable bonds is 6. The van der Waals surface area contributed by atoms with Crippen LogP contribution in [0.25, 0.3) is 0 Å². The van der Waals surface area contributed by atoms with Gasteiger partial charge in [0, 0.05) is 24.8 Å². The van der Waals surface area contributed by atoms with Crippen molar-refractivity contribution in [1.29, 1.82) is 0 Å². The van der Waals surface area contributed by atoms with E-state index in [1.165, 1.54) is 13.8 Å². The molecule has 0 aliphatic carbocycles. The minimum atomic E-state index is -1.17. The van der Waals surface area contributed by atoms with Gasteiger partial charge in [0.05, 0.1) is 0 Å². The molecule has 17 heavy (non-hydrogen) atoms. The van der Waals surface area contributed by atoms with Crippen molar-refractivity contribution in [2.75, 3.05) is 0 Å². The van der Waals surface area contributed by atoms with Crippen LogP contribution in [-0.4, -0.2) is 50.8 Å². The monoisotopic (exact) mass is 438 g/mol. The van der Waals surface area contributed by atoms with Crippen LogP contribution in [0.1, 0.15) is 39.5 Å². The minimum absolute atomic E-state index is 0. The molecule has 0 rings (SSSR count). The summed E-state index contributed by atoms with van der Waals surface area (Å²) in [6.07, 6.45) is -0.144. The molecule has 0 atom stereocenters. The Morgan fingerprint density at radius 1 is 0.706 bits per heavy atom. The quantitative estimate of drug-likeness (QED) is 0.437. The largest absolute Gasteiger partial charge is 2.00 e. The first-order valence-electron chi connectivity index (χ1n) is 4.64. The van der Waals surface area contributed by atoms with Crippen LogP contribution in [0.3, 0.4) is 0 Å². The van der Waals surface area contributed by atoms with Gasteiger partial charge in [0.15, 0.2) is 0 Å². The first kappa shape index (κ1) is 21.5. The summed E-state index contributed by atoms with van der Waals surface area (Å²) >= 11 is 0. The predicted octanol–water partition coefficient (Wildman–Crippen LogP) is -2.17. The van der Waals surface area contributed by atoms with E-state index in [0.717, 1.165) is 0 Å². The van der Waals surface area contributed by atoms with Gasteiger partial charge < -0.3 is 29.4 Å². The maximum Gasteiger partial charge on any atom is 2.00 e. The summed E-state index contributed by atoms with van der Waals surface area (Å²) < 4.78 is 0. The van der Waals surface area contributed by atoms with Crippen molar-refractivity contribution in [3.8, 4) is 0 Å². The normalized spacial score (nSPS) is 8.12. The zero-order valence-corrected chi connectivity index (χ0v) is 13.7. The fourth-order valence-electron chi connectivity index (χ4n) is 0.556. The third kappa shape index (κ3) is 31.3. The Balaban J connectivity index is -0.000000218. The molecule has 0 saturated carbocycles. The van der Waals surface area contributed by atoms with Crippen molar-refractivity contribution in [2.45, 2.75) is 39.5 Å². The van der Waals surface area contributed by atoms with E-state index in [-0.39, 0.29) is 64.5 Å². The SMILES string of the molecule is CC(=O)CCC(=O)[O-].CC(=O)CCC(=O)[O-].[Pb+2]. The summed E-state index contributed by atoms with van der Waals surface area (Å²) in [5.41, 5.74) is 0. The van der Waals surface area contributed by atoms with Crippen LogP contribution in [0, 0.1) is 0 Å². The van der Waals surface area contributed by atoms with Gasteiger partial charge in [-0.25, -0.2) is 0 Å². The predicted molar refractivity (Wildman–Crippen MR) is 55.6 cm³/mol. The molecule has 0 aliphatic rings.